The Morgan fingerprint density at radius 3 is 2.67 bits per heavy atom. The summed E-state index contributed by atoms with van der Waals surface area (Å²) in [7, 11) is 4.01. The molecular formula is C6H13N3. The van der Waals surface area contributed by atoms with E-state index in [1.165, 1.54) is 5.57 Å². The molecule has 1 rings (SSSR count). The van der Waals surface area contributed by atoms with Crippen LogP contribution in [0.4, 0.5) is 0 Å². The number of hydrogen-bond acceptors (Lipinski definition) is 3. The van der Waals surface area contributed by atoms with Gasteiger partial charge >= 0.3 is 0 Å². The smallest absolute Gasteiger partial charge is 0.0370 e. The van der Waals surface area contributed by atoms with Gasteiger partial charge < -0.3 is 5.01 Å². The Bertz CT molecular complexity index is 130. The Kier molecular flexibility index (Phi) is 1.73. The van der Waals surface area contributed by atoms with Crippen molar-refractivity contribution in [1.82, 2.24) is 15.6 Å². The zero-order valence-corrected chi connectivity index (χ0v) is 6.18. The lowest BCUT2D eigenvalue weighted by molar-refractivity contribution is 0.0954. The van der Waals surface area contributed by atoms with Gasteiger partial charge in [-0.25, -0.2) is 5.01 Å². The van der Waals surface area contributed by atoms with Crippen LogP contribution in [-0.4, -0.2) is 30.7 Å². The van der Waals surface area contributed by atoms with E-state index in [0.717, 1.165) is 6.54 Å². The first-order valence-corrected chi connectivity index (χ1v) is 3.06. The fourth-order valence-electron chi connectivity index (χ4n) is 1.08. The average Bonchev–Trinajstić information content (AvgIpc) is 1.59. The Labute approximate surface area is 55.9 Å². The molecule has 9 heavy (non-hydrogen) atoms. The van der Waals surface area contributed by atoms with Gasteiger partial charge in [-0.1, -0.05) is 0 Å². The molecular weight excluding hydrogens is 114 g/mol. The largest absolute Gasteiger partial charge is 0.305 e. The molecule has 0 aromatic rings. The third-order valence-electron chi connectivity index (χ3n) is 1.23. The molecule has 0 unspecified atom stereocenters. The highest BCUT2D eigenvalue weighted by Gasteiger charge is 2.05. The summed E-state index contributed by atoms with van der Waals surface area (Å²) in [6.07, 6.45) is 2.08. The van der Waals surface area contributed by atoms with Crippen molar-refractivity contribution in [3.63, 3.8) is 0 Å². The van der Waals surface area contributed by atoms with E-state index in [1.807, 2.05) is 24.1 Å². The molecule has 1 aliphatic rings. The molecule has 3 nitrogen and oxygen atoms in total. The predicted octanol–water partition coefficient (Wildman–Crippen LogP) is 0.187. The van der Waals surface area contributed by atoms with Crippen LogP contribution >= 0.6 is 0 Å². The fourth-order valence-corrected chi connectivity index (χ4v) is 1.08. The standard InChI is InChI=1S/C6H13N3/c1-6-4-8(2)7-9(3)5-6/h4,7H,5H2,1-3H3. The van der Waals surface area contributed by atoms with E-state index in [1.54, 1.807) is 0 Å². The monoisotopic (exact) mass is 127 g/mol. The molecule has 0 saturated carbocycles. The lowest BCUT2D eigenvalue weighted by Crippen LogP contribution is -2.47. The van der Waals surface area contributed by atoms with Crippen LogP contribution in [0.3, 0.4) is 0 Å². The van der Waals surface area contributed by atoms with Gasteiger partial charge in [-0.2, -0.15) is 5.53 Å². The van der Waals surface area contributed by atoms with Crippen molar-refractivity contribution in [1.29, 1.82) is 0 Å². The quantitative estimate of drug-likeness (QED) is 0.501. The van der Waals surface area contributed by atoms with Crippen LogP contribution in [0.2, 0.25) is 0 Å². The summed E-state index contributed by atoms with van der Waals surface area (Å²) < 4.78 is 0. The van der Waals surface area contributed by atoms with E-state index in [4.69, 9.17) is 0 Å². The van der Waals surface area contributed by atoms with Crippen LogP contribution in [0, 0.1) is 0 Å². The average molecular weight is 127 g/mol. The highest BCUT2D eigenvalue weighted by molar-refractivity contribution is 5.00. The molecule has 0 aromatic heterocycles. The van der Waals surface area contributed by atoms with Crippen molar-refractivity contribution in [2.24, 2.45) is 0 Å². The van der Waals surface area contributed by atoms with Crippen molar-refractivity contribution >= 4 is 0 Å². The summed E-state index contributed by atoms with van der Waals surface area (Å²) in [5.74, 6) is 0. The van der Waals surface area contributed by atoms with Crippen molar-refractivity contribution in [2.75, 3.05) is 20.6 Å². The number of hydrogen-bond donors (Lipinski definition) is 1. The Morgan fingerprint density at radius 1 is 1.56 bits per heavy atom. The second-order valence-corrected chi connectivity index (χ2v) is 2.54. The van der Waals surface area contributed by atoms with Gasteiger partial charge in [-0.3, -0.25) is 0 Å². The number of hydrazine groups is 2. The molecule has 0 spiro atoms. The minimum Gasteiger partial charge on any atom is -0.305 e. The van der Waals surface area contributed by atoms with Crippen LogP contribution in [0.25, 0.3) is 0 Å². The molecule has 0 radical (unpaired) electrons. The van der Waals surface area contributed by atoms with Crippen molar-refractivity contribution < 1.29 is 0 Å². The maximum Gasteiger partial charge on any atom is 0.0370 e. The van der Waals surface area contributed by atoms with Gasteiger partial charge in [-0.05, 0) is 12.5 Å². The molecule has 0 saturated heterocycles. The second-order valence-electron chi connectivity index (χ2n) is 2.54. The number of nitrogens with zero attached hydrogens (tertiary/aromatic N) is 2. The second kappa shape index (κ2) is 2.37. The molecule has 52 valence electrons. The molecule has 0 aromatic carbocycles. The first-order chi connectivity index (χ1) is 4.18. The van der Waals surface area contributed by atoms with E-state index in [-0.39, 0.29) is 0 Å². The summed E-state index contributed by atoms with van der Waals surface area (Å²) in [5.41, 5.74) is 4.47. The third-order valence-corrected chi connectivity index (χ3v) is 1.23. The van der Waals surface area contributed by atoms with Crippen molar-refractivity contribution in [3.8, 4) is 0 Å². The molecule has 1 aliphatic heterocycles. The molecule has 3 heteroatoms. The van der Waals surface area contributed by atoms with Gasteiger partial charge in [0, 0.05) is 26.8 Å². The maximum atomic E-state index is 3.10. The van der Waals surface area contributed by atoms with Gasteiger partial charge in [0.2, 0.25) is 0 Å². The van der Waals surface area contributed by atoms with Gasteiger partial charge in [0.05, 0.1) is 0 Å². The third kappa shape index (κ3) is 1.69. The van der Waals surface area contributed by atoms with Crippen LogP contribution in [0.15, 0.2) is 11.8 Å². The Hall–Kier alpha value is -0.540. The van der Waals surface area contributed by atoms with Gasteiger partial charge in [0.15, 0.2) is 0 Å². The lowest BCUT2D eigenvalue weighted by atomic mass is 10.3. The minimum atomic E-state index is 1.00. The highest BCUT2D eigenvalue weighted by Crippen LogP contribution is 2.00. The van der Waals surface area contributed by atoms with Crippen LogP contribution in [-0.2, 0) is 0 Å². The molecule has 0 bridgehead atoms. The highest BCUT2D eigenvalue weighted by atomic mass is 15.7. The van der Waals surface area contributed by atoms with Crippen molar-refractivity contribution in [3.05, 3.63) is 11.8 Å². The van der Waals surface area contributed by atoms with Crippen LogP contribution < -0.4 is 5.53 Å². The predicted molar refractivity (Wildman–Crippen MR) is 37.3 cm³/mol. The molecule has 0 atom stereocenters. The Balaban J connectivity index is 2.56. The van der Waals surface area contributed by atoms with Crippen LogP contribution in [0.5, 0.6) is 0 Å². The molecule has 1 N–H and O–H groups in total. The van der Waals surface area contributed by atoms with Crippen LogP contribution in [0.1, 0.15) is 6.92 Å². The fraction of sp³-hybridized carbons (Fsp3) is 0.667. The molecule has 1 heterocycles. The topological polar surface area (TPSA) is 18.5 Å². The molecule has 0 fully saturated rings. The zero-order valence-electron chi connectivity index (χ0n) is 6.18. The summed E-state index contributed by atoms with van der Waals surface area (Å²) in [4.78, 5) is 0. The first kappa shape index (κ1) is 6.58. The van der Waals surface area contributed by atoms with Gasteiger partial charge in [0.1, 0.15) is 0 Å². The summed E-state index contributed by atoms with van der Waals surface area (Å²) >= 11 is 0. The first-order valence-electron chi connectivity index (χ1n) is 3.06. The normalized spacial score (nSPS) is 22.1. The lowest BCUT2D eigenvalue weighted by Gasteiger charge is -2.30. The van der Waals surface area contributed by atoms with Gasteiger partial charge in [-0.15, -0.1) is 0 Å². The summed E-state index contributed by atoms with van der Waals surface area (Å²) in [6.45, 7) is 3.12. The zero-order chi connectivity index (χ0) is 6.85. The minimum absolute atomic E-state index is 1.00. The van der Waals surface area contributed by atoms with E-state index in [0.29, 0.717) is 0 Å². The number of nitrogens with one attached hydrogen (secondary N) is 1. The SMILES string of the molecule is CC1=CN(C)NN(C)C1. The Morgan fingerprint density at radius 2 is 2.22 bits per heavy atom. The summed E-state index contributed by atoms with van der Waals surface area (Å²) in [6, 6.07) is 0. The van der Waals surface area contributed by atoms with Crippen molar-refractivity contribution in [2.45, 2.75) is 6.92 Å². The van der Waals surface area contributed by atoms with Gasteiger partial charge in [0.25, 0.3) is 0 Å². The maximum absolute atomic E-state index is 3.10. The van der Waals surface area contributed by atoms with E-state index in [9.17, 15) is 0 Å². The number of likely N-dealkylation sites (N-methyl/N-ethyl adjacent to an activating group) is 1. The molecule has 0 aliphatic carbocycles. The van der Waals surface area contributed by atoms with E-state index in [2.05, 4.69) is 18.7 Å². The van der Waals surface area contributed by atoms with E-state index < -0.39 is 0 Å². The van der Waals surface area contributed by atoms with E-state index >= 15 is 0 Å². The number of rotatable bonds is 0. The summed E-state index contributed by atoms with van der Waals surface area (Å²) in [5, 5.41) is 3.98. The molecule has 0 amide bonds.